The van der Waals surface area contributed by atoms with E-state index in [2.05, 4.69) is 29.6 Å². The minimum atomic E-state index is -0.198. The van der Waals surface area contributed by atoms with Crippen molar-refractivity contribution < 1.29 is 4.39 Å². The fourth-order valence-electron chi connectivity index (χ4n) is 2.55. The van der Waals surface area contributed by atoms with E-state index < -0.39 is 0 Å². The Kier molecular flexibility index (Phi) is 3.81. The molecule has 1 unspecified atom stereocenters. The van der Waals surface area contributed by atoms with Crippen molar-refractivity contribution in [3.05, 3.63) is 70.9 Å². The molecular weight excluding hydrogens is 269 g/mol. The summed E-state index contributed by atoms with van der Waals surface area (Å²) in [5.41, 5.74) is 8.17. The maximum absolute atomic E-state index is 13.4. The van der Waals surface area contributed by atoms with Gasteiger partial charge in [0.15, 0.2) is 0 Å². The van der Waals surface area contributed by atoms with Crippen molar-refractivity contribution in [2.24, 2.45) is 5.73 Å². The van der Waals surface area contributed by atoms with Gasteiger partial charge in [-0.15, -0.1) is 11.3 Å². The number of hydrogen-bond acceptors (Lipinski definition) is 2. The van der Waals surface area contributed by atoms with Crippen molar-refractivity contribution in [1.29, 1.82) is 0 Å². The van der Waals surface area contributed by atoms with Crippen LogP contribution in [0.4, 0.5) is 4.39 Å². The van der Waals surface area contributed by atoms with E-state index in [-0.39, 0.29) is 11.7 Å². The molecule has 3 aromatic rings. The molecule has 1 aromatic heterocycles. The summed E-state index contributed by atoms with van der Waals surface area (Å²) in [7, 11) is 0. The minimum Gasteiger partial charge on any atom is -0.330 e. The summed E-state index contributed by atoms with van der Waals surface area (Å²) >= 11 is 1.75. The Hall–Kier alpha value is -1.71. The highest BCUT2D eigenvalue weighted by Gasteiger charge is 2.14. The summed E-state index contributed by atoms with van der Waals surface area (Å²) in [4.78, 5) is 0. The molecule has 0 fully saturated rings. The molecule has 1 atom stereocenters. The number of benzene rings is 2. The molecule has 3 heteroatoms. The van der Waals surface area contributed by atoms with Gasteiger partial charge in [-0.1, -0.05) is 30.3 Å². The lowest BCUT2D eigenvalue weighted by Crippen LogP contribution is -2.15. The van der Waals surface area contributed by atoms with Crippen LogP contribution in [0.15, 0.2) is 53.9 Å². The summed E-state index contributed by atoms with van der Waals surface area (Å²) < 4.78 is 14.6. The normalized spacial score (nSPS) is 12.7. The van der Waals surface area contributed by atoms with Gasteiger partial charge in [-0.3, -0.25) is 0 Å². The lowest BCUT2D eigenvalue weighted by Gasteiger charge is -2.15. The van der Waals surface area contributed by atoms with Crippen LogP contribution >= 0.6 is 11.3 Å². The highest BCUT2D eigenvalue weighted by molar-refractivity contribution is 7.17. The molecule has 2 N–H and O–H groups in total. The molecule has 1 heterocycles. The Morgan fingerprint density at radius 3 is 2.75 bits per heavy atom. The Labute approximate surface area is 121 Å². The van der Waals surface area contributed by atoms with Gasteiger partial charge in [0.2, 0.25) is 0 Å². The molecule has 0 spiro atoms. The molecule has 0 aliphatic carbocycles. The van der Waals surface area contributed by atoms with Crippen molar-refractivity contribution >= 4 is 21.4 Å². The van der Waals surface area contributed by atoms with Crippen molar-refractivity contribution in [3.63, 3.8) is 0 Å². The van der Waals surface area contributed by atoms with Crippen LogP contribution in [0, 0.1) is 5.82 Å². The van der Waals surface area contributed by atoms with Gasteiger partial charge < -0.3 is 5.73 Å². The lowest BCUT2D eigenvalue weighted by atomic mass is 9.92. The molecule has 0 saturated carbocycles. The van der Waals surface area contributed by atoms with Crippen molar-refractivity contribution in [2.45, 2.75) is 12.3 Å². The van der Waals surface area contributed by atoms with Gasteiger partial charge in [0.1, 0.15) is 5.82 Å². The zero-order chi connectivity index (χ0) is 13.9. The van der Waals surface area contributed by atoms with Crippen LogP contribution < -0.4 is 5.73 Å². The predicted molar refractivity (Wildman–Crippen MR) is 83.7 cm³/mol. The van der Waals surface area contributed by atoms with E-state index in [9.17, 15) is 4.39 Å². The summed E-state index contributed by atoms with van der Waals surface area (Å²) in [5.74, 6) is -0.0418. The van der Waals surface area contributed by atoms with E-state index in [1.54, 1.807) is 23.5 Å². The number of nitrogens with two attached hydrogens (primary N) is 1. The molecule has 0 amide bonds. The van der Waals surface area contributed by atoms with Crippen LogP contribution in [-0.2, 0) is 6.42 Å². The van der Waals surface area contributed by atoms with Crippen LogP contribution in [0.3, 0.4) is 0 Å². The Morgan fingerprint density at radius 2 is 1.95 bits per heavy atom. The van der Waals surface area contributed by atoms with Crippen LogP contribution in [0.1, 0.15) is 17.0 Å². The molecule has 0 bridgehead atoms. The number of hydrogen-bond donors (Lipinski definition) is 1. The average Bonchev–Trinajstić information content (AvgIpc) is 2.88. The van der Waals surface area contributed by atoms with Crippen molar-refractivity contribution in [2.75, 3.05) is 6.54 Å². The quantitative estimate of drug-likeness (QED) is 0.759. The Morgan fingerprint density at radius 1 is 1.10 bits per heavy atom. The third-order valence-electron chi connectivity index (χ3n) is 3.63. The van der Waals surface area contributed by atoms with Crippen molar-refractivity contribution in [1.82, 2.24) is 0 Å². The summed E-state index contributed by atoms with van der Waals surface area (Å²) in [5, 5.41) is 3.47. The molecule has 20 heavy (non-hydrogen) atoms. The monoisotopic (exact) mass is 285 g/mol. The maximum atomic E-state index is 13.4. The third-order valence-corrected chi connectivity index (χ3v) is 4.64. The maximum Gasteiger partial charge on any atom is 0.123 e. The average molecular weight is 285 g/mol. The van der Waals surface area contributed by atoms with E-state index in [0.717, 1.165) is 12.0 Å². The second-order valence-electron chi connectivity index (χ2n) is 4.95. The van der Waals surface area contributed by atoms with E-state index in [4.69, 9.17) is 5.73 Å². The third kappa shape index (κ3) is 2.60. The first-order valence-corrected chi connectivity index (χ1v) is 7.56. The highest BCUT2D eigenvalue weighted by Crippen LogP contribution is 2.30. The molecule has 0 radical (unpaired) electrons. The van der Waals surface area contributed by atoms with E-state index >= 15 is 0 Å². The van der Waals surface area contributed by atoms with Crippen LogP contribution in [-0.4, -0.2) is 6.54 Å². The molecule has 0 aliphatic heterocycles. The fourth-order valence-corrected chi connectivity index (χ4v) is 3.53. The predicted octanol–water partition coefficient (Wildman–Crippen LogP) is 4.33. The summed E-state index contributed by atoms with van der Waals surface area (Å²) in [6, 6.07) is 15.1. The number of halogens is 1. The topological polar surface area (TPSA) is 26.0 Å². The van der Waals surface area contributed by atoms with E-state index in [1.165, 1.54) is 21.7 Å². The van der Waals surface area contributed by atoms with Gasteiger partial charge in [-0.25, -0.2) is 4.39 Å². The molecule has 0 saturated heterocycles. The molecular formula is C17H16FNS. The van der Waals surface area contributed by atoms with Crippen LogP contribution in [0.5, 0.6) is 0 Å². The smallest absolute Gasteiger partial charge is 0.123 e. The zero-order valence-corrected chi connectivity index (χ0v) is 11.9. The Bertz CT molecular complexity index is 720. The Balaban J connectivity index is 1.92. The van der Waals surface area contributed by atoms with Gasteiger partial charge in [0.05, 0.1) is 0 Å². The molecule has 3 rings (SSSR count). The molecule has 102 valence electrons. The number of thiophene rings is 1. The van der Waals surface area contributed by atoms with Gasteiger partial charge in [0, 0.05) is 10.6 Å². The highest BCUT2D eigenvalue weighted by atomic mass is 32.1. The summed E-state index contributed by atoms with van der Waals surface area (Å²) in [6.07, 6.45) is 0.851. The van der Waals surface area contributed by atoms with Crippen molar-refractivity contribution in [3.8, 4) is 0 Å². The molecule has 2 aromatic carbocycles. The largest absolute Gasteiger partial charge is 0.330 e. The molecule has 0 aliphatic rings. The second-order valence-corrected chi connectivity index (χ2v) is 5.86. The van der Waals surface area contributed by atoms with Crippen LogP contribution in [0.2, 0.25) is 0 Å². The first-order chi connectivity index (χ1) is 9.78. The number of rotatable bonds is 4. The number of fused-ring (bicyclic) bond motifs is 1. The van der Waals surface area contributed by atoms with Crippen LogP contribution in [0.25, 0.3) is 10.1 Å². The lowest BCUT2D eigenvalue weighted by molar-refractivity contribution is 0.617. The second kappa shape index (κ2) is 5.73. The minimum absolute atomic E-state index is 0.156. The van der Waals surface area contributed by atoms with E-state index in [0.29, 0.717) is 6.54 Å². The first-order valence-electron chi connectivity index (χ1n) is 6.68. The van der Waals surface area contributed by atoms with Gasteiger partial charge in [-0.2, -0.15) is 0 Å². The zero-order valence-electron chi connectivity index (χ0n) is 11.1. The van der Waals surface area contributed by atoms with Gasteiger partial charge in [-0.05, 0) is 53.1 Å². The van der Waals surface area contributed by atoms with Gasteiger partial charge in [0.25, 0.3) is 0 Å². The van der Waals surface area contributed by atoms with E-state index in [1.807, 2.05) is 6.07 Å². The first kappa shape index (κ1) is 13.3. The fraction of sp³-hybridized carbons (Fsp3) is 0.176. The SMILES string of the molecule is NCC(Cc1csc2ccccc12)c1cccc(F)c1. The standard InChI is InChI=1S/C17H16FNS/c18-15-5-3-4-12(9-15)13(10-19)8-14-11-20-17-7-2-1-6-16(14)17/h1-7,9,11,13H,8,10,19H2. The molecule has 1 nitrogen and oxygen atoms in total. The summed E-state index contributed by atoms with van der Waals surface area (Å²) in [6.45, 7) is 0.521. The van der Waals surface area contributed by atoms with Gasteiger partial charge >= 0.3 is 0 Å².